The molecule has 9 nitrogen and oxygen atoms in total. The Morgan fingerprint density at radius 3 is 2.43 bits per heavy atom. The SMILES string of the molecule is CCN1[C@@H]2CC[C@H]1CN(c1ccc(C)c(C(=O)N[C@H](C)c3cc(OC)cc(-c4cc(C(=O)N5CC[C@H](O)C5)n(C)c4)c3)c1)C2. The molecule has 0 saturated carbocycles. The van der Waals surface area contributed by atoms with Crippen LogP contribution in [0.1, 0.15) is 71.1 Å². The number of β-amino-alcohol motifs (C(OH)–C–C–N with tert-alkyl or cyclic N) is 1. The van der Waals surface area contributed by atoms with Crippen molar-refractivity contribution in [2.45, 2.75) is 64.3 Å². The number of fused-ring (bicyclic) bond motifs is 2. The van der Waals surface area contributed by atoms with E-state index < -0.39 is 6.10 Å². The first-order chi connectivity index (χ1) is 21.1. The topological polar surface area (TPSA) is 90.3 Å². The average molecular weight is 600 g/mol. The summed E-state index contributed by atoms with van der Waals surface area (Å²) in [6.45, 7) is 10.2. The molecule has 4 atom stereocenters. The van der Waals surface area contributed by atoms with Gasteiger partial charge in [0, 0.05) is 68.3 Å². The number of nitrogens with one attached hydrogen (secondary N) is 1. The normalized spacial score (nSPS) is 22.4. The number of nitrogens with zero attached hydrogens (tertiary/aromatic N) is 4. The summed E-state index contributed by atoms with van der Waals surface area (Å²) in [7, 11) is 3.49. The van der Waals surface area contributed by atoms with Crippen LogP contribution in [0.25, 0.3) is 11.1 Å². The first-order valence-electron chi connectivity index (χ1n) is 15.9. The number of aryl methyl sites for hydroxylation is 2. The molecule has 9 heteroatoms. The number of likely N-dealkylation sites (tertiary alicyclic amines) is 1. The highest BCUT2D eigenvalue weighted by atomic mass is 16.5. The van der Waals surface area contributed by atoms with Gasteiger partial charge in [0.1, 0.15) is 11.4 Å². The molecule has 2 N–H and O–H groups in total. The number of hydrogen-bond donors (Lipinski definition) is 2. The van der Waals surface area contributed by atoms with Gasteiger partial charge in [0.05, 0.1) is 19.3 Å². The lowest BCUT2D eigenvalue weighted by atomic mass is 10.00. The smallest absolute Gasteiger partial charge is 0.270 e. The molecule has 4 heterocycles. The summed E-state index contributed by atoms with van der Waals surface area (Å²) >= 11 is 0. The van der Waals surface area contributed by atoms with Crippen molar-refractivity contribution >= 4 is 17.5 Å². The van der Waals surface area contributed by atoms with Crippen molar-refractivity contribution in [3.8, 4) is 16.9 Å². The van der Waals surface area contributed by atoms with Crippen LogP contribution in [0.5, 0.6) is 5.75 Å². The summed E-state index contributed by atoms with van der Waals surface area (Å²) in [6.07, 6.45) is 4.57. The molecule has 2 amide bonds. The number of aromatic nitrogens is 1. The van der Waals surface area contributed by atoms with Crippen molar-refractivity contribution in [1.82, 2.24) is 19.7 Å². The number of rotatable bonds is 8. The van der Waals surface area contributed by atoms with Crippen LogP contribution in [0.2, 0.25) is 0 Å². The summed E-state index contributed by atoms with van der Waals surface area (Å²) < 4.78 is 7.47. The molecule has 2 bridgehead atoms. The molecule has 3 aliphatic heterocycles. The number of hydrogen-bond acceptors (Lipinski definition) is 6. The molecule has 234 valence electrons. The monoisotopic (exact) mass is 599 g/mol. The van der Waals surface area contributed by atoms with Crippen molar-refractivity contribution in [2.75, 3.05) is 44.7 Å². The lowest BCUT2D eigenvalue weighted by Gasteiger charge is -2.41. The second kappa shape index (κ2) is 12.3. The standard InChI is InChI=1S/C35H45N5O4/c1-6-40-28-9-10-29(40)20-39(19-28)27-8-7-22(2)32(17-27)34(42)36-23(3)24-13-25(15-31(14-24)44-5)26-16-33(37(4)18-26)35(43)38-12-11-30(41)21-38/h7-8,13-18,23,28-30,41H,6,9-12,19-21H2,1-5H3,(H,36,42)/t23-,28-,29+,30+/m1/s1. The Kier molecular flexibility index (Phi) is 8.44. The van der Waals surface area contributed by atoms with E-state index in [0.29, 0.717) is 48.6 Å². The number of carbonyl (C=O) groups excluding carboxylic acids is 2. The third-order valence-electron chi connectivity index (χ3n) is 9.85. The third-order valence-corrected chi connectivity index (χ3v) is 9.85. The summed E-state index contributed by atoms with van der Waals surface area (Å²) in [6, 6.07) is 15.0. The average Bonchev–Trinajstić information content (AvgIpc) is 3.70. The molecule has 0 radical (unpaired) electrons. The van der Waals surface area contributed by atoms with Crippen LogP contribution >= 0.6 is 0 Å². The second-order valence-corrected chi connectivity index (χ2v) is 12.7. The highest BCUT2D eigenvalue weighted by molar-refractivity contribution is 5.97. The Balaban J connectivity index is 1.20. The molecule has 0 unspecified atom stereocenters. The number of aliphatic hydroxyl groups is 1. The van der Waals surface area contributed by atoms with Gasteiger partial charge in [-0.3, -0.25) is 14.5 Å². The van der Waals surface area contributed by atoms with Crippen molar-refractivity contribution in [3.63, 3.8) is 0 Å². The van der Waals surface area contributed by atoms with Gasteiger partial charge in [-0.15, -0.1) is 0 Å². The van der Waals surface area contributed by atoms with Crippen LogP contribution in [-0.4, -0.2) is 89.3 Å². The second-order valence-electron chi connectivity index (χ2n) is 12.7. The first-order valence-corrected chi connectivity index (χ1v) is 15.9. The zero-order chi connectivity index (χ0) is 31.1. The van der Waals surface area contributed by atoms with Gasteiger partial charge in [-0.2, -0.15) is 0 Å². The Hall–Kier alpha value is -3.82. The molecular formula is C35H45N5O4. The summed E-state index contributed by atoms with van der Waals surface area (Å²) in [5.74, 6) is 0.491. The van der Waals surface area contributed by atoms with Gasteiger partial charge in [0.2, 0.25) is 0 Å². The van der Waals surface area contributed by atoms with Crippen molar-refractivity contribution in [3.05, 3.63) is 71.0 Å². The first kappa shape index (κ1) is 30.2. The fraction of sp³-hybridized carbons (Fsp3) is 0.486. The number of carbonyl (C=O) groups is 2. The summed E-state index contributed by atoms with van der Waals surface area (Å²) in [4.78, 5) is 33.6. The van der Waals surface area contributed by atoms with E-state index in [-0.39, 0.29) is 17.9 Å². The van der Waals surface area contributed by atoms with E-state index in [9.17, 15) is 14.7 Å². The van der Waals surface area contributed by atoms with E-state index in [1.165, 1.54) is 12.8 Å². The molecular weight excluding hydrogens is 554 g/mol. The number of anilines is 1. The van der Waals surface area contributed by atoms with Crippen LogP contribution in [0.4, 0.5) is 5.69 Å². The van der Waals surface area contributed by atoms with Gasteiger partial charge in [0.25, 0.3) is 11.8 Å². The van der Waals surface area contributed by atoms with E-state index in [0.717, 1.165) is 47.6 Å². The van der Waals surface area contributed by atoms with Crippen LogP contribution < -0.4 is 15.0 Å². The van der Waals surface area contributed by atoms with Gasteiger partial charge < -0.3 is 29.5 Å². The molecule has 2 aromatic carbocycles. The minimum atomic E-state index is -0.464. The Morgan fingerprint density at radius 2 is 1.77 bits per heavy atom. The molecule has 3 saturated heterocycles. The Bertz CT molecular complexity index is 1540. The van der Waals surface area contributed by atoms with Gasteiger partial charge in [-0.25, -0.2) is 0 Å². The molecule has 3 aliphatic rings. The number of aliphatic hydroxyl groups excluding tert-OH is 1. The van der Waals surface area contributed by atoms with Crippen LogP contribution in [0, 0.1) is 6.92 Å². The Labute approximate surface area is 260 Å². The number of amides is 2. The number of ether oxygens (including phenoxy) is 1. The van der Waals surface area contributed by atoms with Crippen molar-refractivity contribution < 1.29 is 19.4 Å². The predicted molar refractivity (Wildman–Crippen MR) is 172 cm³/mol. The zero-order valence-electron chi connectivity index (χ0n) is 26.5. The molecule has 0 spiro atoms. The zero-order valence-corrected chi connectivity index (χ0v) is 26.5. The lowest BCUT2D eigenvalue weighted by molar-refractivity contribution is 0.0755. The van der Waals surface area contributed by atoms with Gasteiger partial charge in [-0.1, -0.05) is 13.0 Å². The minimum absolute atomic E-state index is 0.0865. The van der Waals surface area contributed by atoms with E-state index in [2.05, 4.69) is 40.2 Å². The molecule has 0 aliphatic carbocycles. The highest BCUT2D eigenvalue weighted by Gasteiger charge is 2.39. The molecule has 3 fully saturated rings. The predicted octanol–water partition coefficient (Wildman–Crippen LogP) is 4.38. The summed E-state index contributed by atoms with van der Waals surface area (Å²) in [5.41, 5.74) is 6.02. The van der Waals surface area contributed by atoms with Crippen LogP contribution in [0.3, 0.4) is 0 Å². The molecule has 3 aromatic rings. The van der Waals surface area contributed by atoms with Gasteiger partial charge >= 0.3 is 0 Å². The largest absolute Gasteiger partial charge is 0.497 e. The fourth-order valence-corrected chi connectivity index (χ4v) is 7.31. The van der Waals surface area contributed by atoms with E-state index >= 15 is 0 Å². The number of piperazine rings is 1. The maximum atomic E-state index is 13.7. The van der Waals surface area contributed by atoms with Gasteiger partial charge in [0.15, 0.2) is 0 Å². The summed E-state index contributed by atoms with van der Waals surface area (Å²) in [5, 5.41) is 13.1. The maximum absolute atomic E-state index is 13.7. The van der Waals surface area contributed by atoms with E-state index in [1.54, 1.807) is 12.0 Å². The highest BCUT2D eigenvalue weighted by Crippen LogP contribution is 2.34. The fourth-order valence-electron chi connectivity index (χ4n) is 7.31. The third kappa shape index (κ3) is 5.83. The molecule has 44 heavy (non-hydrogen) atoms. The quantitative estimate of drug-likeness (QED) is 0.400. The van der Waals surface area contributed by atoms with Gasteiger partial charge in [-0.05, 0) is 92.7 Å². The van der Waals surface area contributed by atoms with Crippen LogP contribution in [-0.2, 0) is 7.05 Å². The van der Waals surface area contributed by atoms with E-state index in [4.69, 9.17) is 4.74 Å². The molecule has 6 rings (SSSR count). The number of benzene rings is 2. The number of likely N-dealkylation sites (N-methyl/N-ethyl adjacent to an activating group) is 1. The van der Waals surface area contributed by atoms with E-state index in [1.807, 2.05) is 55.9 Å². The van der Waals surface area contributed by atoms with Crippen LogP contribution in [0.15, 0.2) is 48.7 Å². The lowest BCUT2D eigenvalue weighted by Crippen LogP contribution is -2.53. The maximum Gasteiger partial charge on any atom is 0.270 e. The van der Waals surface area contributed by atoms with Crippen molar-refractivity contribution in [2.24, 2.45) is 7.05 Å². The minimum Gasteiger partial charge on any atom is -0.497 e. The number of methoxy groups -OCH3 is 1. The molecule has 1 aromatic heterocycles. The Morgan fingerprint density at radius 1 is 1.02 bits per heavy atom. The van der Waals surface area contributed by atoms with Crippen molar-refractivity contribution in [1.29, 1.82) is 0 Å².